The van der Waals surface area contributed by atoms with Crippen LogP contribution in [-0.2, 0) is 13.0 Å². The van der Waals surface area contributed by atoms with Crippen LogP contribution >= 0.6 is 0 Å². The predicted molar refractivity (Wildman–Crippen MR) is 75.3 cm³/mol. The second-order valence-corrected chi connectivity index (χ2v) is 4.86. The number of allylic oxidation sites excluding steroid dienone is 1. The number of nitrogens with zero attached hydrogens (tertiary/aromatic N) is 5. The van der Waals surface area contributed by atoms with Gasteiger partial charge in [0.1, 0.15) is 11.9 Å². The van der Waals surface area contributed by atoms with Crippen molar-refractivity contribution in [1.29, 1.82) is 5.26 Å². The molecule has 0 N–H and O–H groups in total. The molecule has 0 atom stereocenters. The smallest absolute Gasteiger partial charge is 0.174 e. The Kier molecular flexibility index (Phi) is 3.55. The molecule has 5 nitrogen and oxygen atoms in total. The molecule has 0 radical (unpaired) electrons. The van der Waals surface area contributed by atoms with Crippen LogP contribution in [0.5, 0.6) is 0 Å². The highest BCUT2D eigenvalue weighted by Crippen LogP contribution is 2.20. The van der Waals surface area contributed by atoms with Crippen molar-refractivity contribution >= 4 is 11.6 Å². The van der Waals surface area contributed by atoms with E-state index in [1.807, 2.05) is 18.2 Å². The van der Waals surface area contributed by atoms with Crippen molar-refractivity contribution in [2.75, 3.05) is 0 Å². The zero-order valence-electron chi connectivity index (χ0n) is 11.2. The average molecular weight is 265 g/mol. The molecule has 5 heteroatoms. The SMILES string of the molecule is N#C/C(=C\c1cccnc1)c1nnc2n1CCCCC2. The highest BCUT2D eigenvalue weighted by Gasteiger charge is 2.17. The van der Waals surface area contributed by atoms with E-state index in [-0.39, 0.29) is 0 Å². The molecular weight excluding hydrogens is 250 g/mol. The van der Waals surface area contributed by atoms with E-state index < -0.39 is 0 Å². The average Bonchev–Trinajstić information content (AvgIpc) is 2.74. The largest absolute Gasteiger partial charge is 0.310 e. The van der Waals surface area contributed by atoms with Crippen molar-refractivity contribution in [3.8, 4) is 6.07 Å². The maximum absolute atomic E-state index is 9.41. The fourth-order valence-corrected chi connectivity index (χ4v) is 2.46. The van der Waals surface area contributed by atoms with Crippen molar-refractivity contribution in [2.45, 2.75) is 32.2 Å². The number of aromatic nitrogens is 4. The first-order valence-electron chi connectivity index (χ1n) is 6.83. The minimum absolute atomic E-state index is 0.540. The fourth-order valence-electron chi connectivity index (χ4n) is 2.46. The molecule has 2 aromatic rings. The van der Waals surface area contributed by atoms with Crippen molar-refractivity contribution in [3.05, 3.63) is 41.7 Å². The van der Waals surface area contributed by atoms with E-state index >= 15 is 0 Å². The lowest BCUT2D eigenvalue weighted by molar-refractivity contribution is 0.627. The normalized spacial score (nSPS) is 15.2. The van der Waals surface area contributed by atoms with Gasteiger partial charge in [-0.2, -0.15) is 5.26 Å². The molecule has 0 aromatic carbocycles. The summed E-state index contributed by atoms with van der Waals surface area (Å²) in [7, 11) is 0. The van der Waals surface area contributed by atoms with Crippen LogP contribution in [0.3, 0.4) is 0 Å². The Hall–Kier alpha value is -2.48. The van der Waals surface area contributed by atoms with Gasteiger partial charge in [-0.3, -0.25) is 4.98 Å². The standard InChI is InChI=1S/C15H15N5/c16-10-13(9-12-5-4-7-17-11-12)15-19-18-14-6-2-1-3-8-20(14)15/h4-5,7,9,11H,1-3,6,8H2/b13-9+. The second-order valence-electron chi connectivity index (χ2n) is 4.86. The Labute approximate surface area is 117 Å². The van der Waals surface area contributed by atoms with Gasteiger partial charge < -0.3 is 4.57 Å². The van der Waals surface area contributed by atoms with Gasteiger partial charge in [0.15, 0.2) is 5.82 Å². The first-order valence-corrected chi connectivity index (χ1v) is 6.83. The van der Waals surface area contributed by atoms with E-state index in [9.17, 15) is 5.26 Å². The summed E-state index contributed by atoms with van der Waals surface area (Å²) in [6.45, 7) is 0.893. The van der Waals surface area contributed by atoms with Gasteiger partial charge in [0.2, 0.25) is 0 Å². The highest BCUT2D eigenvalue weighted by molar-refractivity contribution is 5.87. The van der Waals surface area contributed by atoms with Crippen LogP contribution in [0.1, 0.15) is 36.5 Å². The minimum atomic E-state index is 0.540. The van der Waals surface area contributed by atoms with Crippen LogP contribution in [0.25, 0.3) is 11.6 Å². The molecule has 3 heterocycles. The zero-order chi connectivity index (χ0) is 13.8. The summed E-state index contributed by atoms with van der Waals surface area (Å²) in [5.74, 6) is 1.66. The Balaban J connectivity index is 2.01. The Morgan fingerprint density at radius 1 is 1.30 bits per heavy atom. The van der Waals surface area contributed by atoms with Crippen LogP contribution < -0.4 is 0 Å². The third kappa shape index (κ3) is 2.45. The van der Waals surface area contributed by atoms with Gasteiger partial charge in [-0.25, -0.2) is 0 Å². The van der Waals surface area contributed by atoms with E-state index in [2.05, 4.69) is 25.8 Å². The molecule has 0 bridgehead atoms. The van der Waals surface area contributed by atoms with Crippen LogP contribution in [0.4, 0.5) is 0 Å². The summed E-state index contributed by atoms with van der Waals surface area (Å²) in [6, 6.07) is 6.01. The van der Waals surface area contributed by atoms with Gasteiger partial charge in [0, 0.05) is 25.4 Å². The summed E-state index contributed by atoms with van der Waals surface area (Å²) in [6.07, 6.45) is 9.67. The molecule has 0 fully saturated rings. The molecule has 0 spiro atoms. The Morgan fingerprint density at radius 2 is 2.25 bits per heavy atom. The molecule has 0 saturated heterocycles. The lowest BCUT2D eigenvalue weighted by Crippen LogP contribution is -2.05. The summed E-state index contributed by atoms with van der Waals surface area (Å²) >= 11 is 0. The molecule has 1 aliphatic rings. The third-order valence-electron chi connectivity index (χ3n) is 3.47. The van der Waals surface area contributed by atoms with E-state index in [0.717, 1.165) is 37.2 Å². The number of fused-ring (bicyclic) bond motifs is 1. The number of pyridine rings is 1. The molecule has 20 heavy (non-hydrogen) atoms. The first kappa shape index (κ1) is 12.5. The van der Waals surface area contributed by atoms with Crippen molar-refractivity contribution in [1.82, 2.24) is 19.7 Å². The first-order chi connectivity index (χ1) is 9.88. The van der Waals surface area contributed by atoms with Gasteiger partial charge in [-0.15, -0.1) is 10.2 Å². The van der Waals surface area contributed by atoms with E-state index in [4.69, 9.17) is 0 Å². The molecule has 0 aliphatic carbocycles. The van der Waals surface area contributed by atoms with Crippen LogP contribution in [0, 0.1) is 11.3 Å². The minimum Gasteiger partial charge on any atom is -0.310 e. The number of aryl methyl sites for hydroxylation is 1. The van der Waals surface area contributed by atoms with Gasteiger partial charge in [-0.1, -0.05) is 12.5 Å². The molecule has 100 valence electrons. The number of hydrogen-bond donors (Lipinski definition) is 0. The van der Waals surface area contributed by atoms with Gasteiger partial charge >= 0.3 is 0 Å². The lowest BCUT2D eigenvalue weighted by Gasteiger charge is -2.05. The fraction of sp³-hybridized carbons (Fsp3) is 0.333. The van der Waals surface area contributed by atoms with Crippen molar-refractivity contribution in [2.24, 2.45) is 0 Å². The Bertz CT molecular complexity index is 663. The van der Waals surface area contributed by atoms with Crippen LogP contribution in [-0.4, -0.2) is 19.7 Å². The van der Waals surface area contributed by atoms with Crippen LogP contribution in [0.2, 0.25) is 0 Å². The van der Waals surface area contributed by atoms with E-state index in [0.29, 0.717) is 11.4 Å². The highest BCUT2D eigenvalue weighted by atomic mass is 15.3. The molecule has 1 aliphatic heterocycles. The topological polar surface area (TPSA) is 67.4 Å². The third-order valence-corrected chi connectivity index (χ3v) is 3.47. The second kappa shape index (κ2) is 5.66. The lowest BCUT2D eigenvalue weighted by atomic mass is 10.1. The maximum atomic E-state index is 9.41. The number of rotatable bonds is 2. The molecule has 3 rings (SSSR count). The van der Waals surface area contributed by atoms with Gasteiger partial charge in [0.25, 0.3) is 0 Å². The summed E-state index contributed by atoms with van der Waals surface area (Å²) < 4.78 is 2.08. The quantitative estimate of drug-likeness (QED) is 0.782. The summed E-state index contributed by atoms with van der Waals surface area (Å²) in [4.78, 5) is 4.06. The number of nitriles is 1. The Morgan fingerprint density at radius 3 is 3.05 bits per heavy atom. The zero-order valence-corrected chi connectivity index (χ0v) is 11.2. The van der Waals surface area contributed by atoms with E-state index in [1.165, 1.54) is 6.42 Å². The number of hydrogen-bond acceptors (Lipinski definition) is 4. The van der Waals surface area contributed by atoms with Gasteiger partial charge in [-0.05, 0) is 30.5 Å². The molecule has 0 unspecified atom stereocenters. The van der Waals surface area contributed by atoms with Gasteiger partial charge in [0.05, 0.1) is 5.57 Å². The maximum Gasteiger partial charge on any atom is 0.174 e. The molecule has 0 amide bonds. The molecular formula is C15H15N5. The predicted octanol–water partition coefficient (Wildman–Crippen LogP) is 2.46. The monoisotopic (exact) mass is 265 g/mol. The van der Waals surface area contributed by atoms with Crippen molar-refractivity contribution < 1.29 is 0 Å². The molecule has 0 saturated carbocycles. The van der Waals surface area contributed by atoms with E-state index in [1.54, 1.807) is 12.4 Å². The summed E-state index contributed by atoms with van der Waals surface area (Å²) in [5, 5.41) is 17.9. The molecule has 2 aromatic heterocycles. The van der Waals surface area contributed by atoms with Crippen molar-refractivity contribution in [3.63, 3.8) is 0 Å². The summed E-state index contributed by atoms with van der Waals surface area (Å²) in [5.41, 5.74) is 1.44. The van der Waals surface area contributed by atoms with Crippen LogP contribution in [0.15, 0.2) is 24.5 Å².